The van der Waals surface area contributed by atoms with E-state index in [1.54, 1.807) is 4.68 Å². The number of likely N-dealkylation sites (tertiary alicyclic amines) is 2. The first kappa shape index (κ1) is 27.0. The van der Waals surface area contributed by atoms with Crippen LogP contribution in [-0.2, 0) is 16.6 Å². The molecule has 2 amide bonds. The lowest BCUT2D eigenvalue weighted by molar-refractivity contribution is -0.140. The van der Waals surface area contributed by atoms with Gasteiger partial charge in [-0.1, -0.05) is 48.5 Å². The number of aliphatic hydroxyl groups excluding tert-OH is 1. The molecular formula is C33H38N6O3. The number of aliphatic hydroxyl groups is 1. The number of hydrogen-bond acceptors (Lipinski definition) is 6. The number of hydrogen-bond donors (Lipinski definition) is 1. The maximum absolute atomic E-state index is 14.0. The van der Waals surface area contributed by atoms with E-state index < -0.39 is 5.54 Å². The fraction of sp³-hybridized carbons (Fsp3) is 0.455. The molecule has 1 N–H and O–H groups in total. The third-order valence-electron chi connectivity index (χ3n) is 9.35. The first-order valence-electron chi connectivity index (χ1n) is 15.2. The van der Waals surface area contributed by atoms with Gasteiger partial charge in [-0.05, 0) is 42.4 Å². The standard InChI is InChI=1S/C33H38N6O3/c1-36-22-29(18-34-36)26-4-2-24(3-5-26)25-6-8-27(9-7-25)30-35-33(12-14-37(15-13-33)16-17-40)32(42)39(30)21-23-19-38(20-23)31(41)28-10-11-28/h2-9,18,22-23,28,40H,10-17,19-21H2,1H3. The van der Waals surface area contributed by atoms with Gasteiger partial charge in [0.15, 0.2) is 0 Å². The minimum atomic E-state index is -0.741. The average molecular weight is 567 g/mol. The molecule has 4 heterocycles. The van der Waals surface area contributed by atoms with E-state index in [0.29, 0.717) is 25.9 Å². The molecule has 0 radical (unpaired) electrons. The highest BCUT2D eigenvalue weighted by atomic mass is 16.3. The average Bonchev–Trinajstić information content (AvgIpc) is 3.70. The van der Waals surface area contributed by atoms with Crippen LogP contribution in [0.1, 0.15) is 31.2 Å². The molecule has 9 heteroatoms. The minimum Gasteiger partial charge on any atom is -0.395 e. The summed E-state index contributed by atoms with van der Waals surface area (Å²) in [6.07, 6.45) is 7.22. The van der Waals surface area contributed by atoms with E-state index in [0.717, 1.165) is 72.7 Å². The molecule has 9 nitrogen and oxygen atoms in total. The number of amidine groups is 1. The van der Waals surface area contributed by atoms with Crippen molar-refractivity contribution in [1.29, 1.82) is 0 Å². The van der Waals surface area contributed by atoms with Crippen molar-refractivity contribution in [1.82, 2.24) is 24.5 Å². The number of carbonyl (C=O) groups excluding carboxylic acids is 2. The number of rotatable bonds is 8. The van der Waals surface area contributed by atoms with E-state index in [1.165, 1.54) is 0 Å². The van der Waals surface area contributed by atoms with Crippen LogP contribution in [0, 0.1) is 11.8 Å². The van der Waals surface area contributed by atoms with Gasteiger partial charge in [-0.3, -0.25) is 24.2 Å². The summed E-state index contributed by atoms with van der Waals surface area (Å²) >= 11 is 0. The monoisotopic (exact) mass is 566 g/mol. The van der Waals surface area contributed by atoms with E-state index in [-0.39, 0.29) is 30.3 Å². The zero-order valence-corrected chi connectivity index (χ0v) is 24.2. The topological polar surface area (TPSA) is 94.3 Å². The van der Waals surface area contributed by atoms with Crippen LogP contribution in [-0.4, -0.2) is 98.7 Å². The van der Waals surface area contributed by atoms with Gasteiger partial charge in [0.2, 0.25) is 5.91 Å². The van der Waals surface area contributed by atoms with Crippen LogP contribution in [0.3, 0.4) is 0 Å². The van der Waals surface area contributed by atoms with Gasteiger partial charge >= 0.3 is 0 Å². The van der Waals surface area contributed by atoms with Crippen LogP contribution in [0.5, 0.6) is 0 Å². The summed E-state index contributed by atoms with van der Waals surface area (Å²) in [5.41, 5.74) is 4.65. The van der Waals surface area contributed by atoms with Gasteiger partial charge in [-0.15, -0.1) is 0 Å². The fourth-order valence-electron chi connectivity index (χ4n) is 6.61. The molecule has 7 rings (SSSR count). The number of nitrogens with zero attached hydrogens (tertiary/aromatic N) is 6. The molecule has 3 aliphatic heterocycles. The molecule has 1 spiro atoms. The van der Waals surface area contributed by atoms with E-state index in [2.05, 4.69) is 58.5 Å². The zero-order valence-electron chi connectivity index (χ0n) is 24.2. The molecule has 218 valence electrons. The van der Waals surface area contributed by atoms with Gasteiger partial charge in [0.05, 0.1) is 12.8 Å². The molecule has 0 bridgehead atoms. The number of benzene rings is 2. The summed E-state index contributed by atoms with van der Waals surface area (Å²) in [5.74, 6) is 1.62. The van der Waals surface area contributed by atoms with Gasteiger partial charge in [0.25, 0.3) is 5.91 Å². The number of piperidine rings is 1. The summed E-state index contributed by atoms with van der Waals surface area (Å²) < 4.78 is 1.80. The maximum Gasteiger partial charge on any atom is 0.256 e. The second-order valence-corrected chi connectivity index (χ2v) is 12.4. The van der Waals surface area contributed by atoms with Gasteiger partial charge in [0.1, 0.15) is 11.4 Å². The largest absolute Gasteiger partial charge is 0.395 e. The molecule has 2 saturated heterocycles. The lowest BCUT2D eigenvalue weighted by Crippen LogP contribution is -2.57. The third-order valence-corrected chi connectivity index (χ3v) is 9.35. The Hall–Kier alpha value is -3.82. The van der Waals surface area contributed by atoms with E-state index in [1.807, 2.05) is 29.2 Å². The van der Waals surface area contributed by atoms with Crippen molar-refractivity contribution in [3.8, 4) is 22.3 Å². The number of aliphatic imine (C=N–C) groups is 1. The van der Waals surface area contributed by atoms with Gasteiger partial charge in [-0.2, -0.15) is 5.10 Å². The van der Waals surface area contributed by atoms with Crippen molar-refractivity contribution in [3.63, 3.8) is 0 Å². The van der Waals surface area contributed by atoms with E-state index in [9.17, 15) is 14.7 Å². The number of aryl methyl sites for hydroxylation is 1. The van der Waals surface area contributed by atoms with Crippen LogP contribution in [0.25, 0.3) is 22.3 Å². The molecule has 42 heavy (non-hydrogen) atoms. The summed E-state index contributed by atoms with van der Waals surface area (Å²) in [7, 11) is 1.92. The van der Waals surface area contributed by atoms with Crippen molar-refractivity contribution < 1.29 is 14.7 Å². The molecule has 1 aliphatic carbocycles. The van der Waals surface area contributed by atoms with Crippen molar-refractivity contribution in [3.05, 3.63) is 66.5 Å². The van der Waals surface area contributed by atoms with Crippen LogP contribution in [0.4, 0.5) is 0 Å². The quantitative estimate of drug-likeness (QED) is 0.453. The molecule has 4 aliphatic rings. The Morgan fingerprint density at radius 3 is 2.07 bits per heavy atom. The molecular weight excluding hydrogens is 528 g/mol. The van der Waals surface area contributed by atoms with Crippen LogP contribution < -0.4 is 0 Å². The highest BCUT2D eigenvalue weighted by Crippen LogP contribution is 2.38. The van der Waals surface area contributed by atoms with Gasteiger partial charge in [0, 0.05) is 75.5 Å². The van der Waals surface area contributed by atoms with E-state index in [4.69, 9.17) is 4.99 Å². The zero-order chi connectivity index (χ0) is 28.8. The number of amides is 2. The maximum atomic E-state index is 14.0. The third kappa shape index (κ3) is 5.05. The lowest BCUT2D eigenvalue weighted by atomic mass is 9.87. The SMILES string of the molecule is Cn1cc(-c2ccc(-c3ccc(C4=NC5(CCN(CCO)CC5)C(=O)N4CC4CN(C(=O)C5CC5)C4)cc3)cc2)cn1. The Balaban J connectivity index is 1.11. The normalized spacial score (nSPS) is 20.7. The number of β-amino-alcohol motifs (C(OH)–C–C–N with tert-alkyl or cyclic N) is 1. The second-order valence-electron chi connectivity index (χ2n) is 12.4. The van der Waals surface area contributed by atoms with Crippen molar-refractivity contribution in [2.75, 3.05) is 45.9 Å². The summed E-state index contributed by atoms with van der Waals surface area (Å²) in [6, 6.07) is 16.8. The van der Waals surface area contributed by atoms with Crippen molar-refractivity contribution >= 4 is 17.6 Å². The van der Waals surface area contributed by atoms with Crippen molar-refractivity contribution in [2.24, 2.45) is 23.9 Å². The Labute approximate surface area is 246 Å². The predicted molar refractivity (Wildman–Crippen MR) is 161 cm³/mol. The van der Waals surface area contributed by atoms with Gasteiger partial charge < -0.3 is 14.9 Å². The molecule has 1 saturated carbocycles. The molecule has 3 aromatic rings. The lowest BCUT2D eigenvalue weighted by Gasteiger charge is -2.42. The Morgan fingerprint density at radius 1 is 0.929 bits per heavy atom. The Bertz CT molecular complexity index is 1490. The smallest absolute Gasteiger partial charge is 0.256 e. The minimum absolute atomic E-state index is 0.0863. The second kappa shape index (κ2) is 10.8. The van der Waals surface area contributed by atoms with Gasteiger partial charge in [-0.25, -0.2) is 0 Å². The molecule has 2 aromatic carbocycles. The van der Waals surface area contributed by atoms with Crippen LogP contribution in [0.15, 0.2) is 65.9 Å². The highest BCUT2D eigenvalue weighted by molar-refractivity contribution is 6.15. The molecule has 1 aromatic heterocycles. The first-order valence-corrected chi connectivity index (χ1v) is 15.2. The van der Waals surface area contributed by atoms with Crippen LogP contribution >= 0.6 is 0 Å². The Morgan fingerprint density at radius 2 is 1.52 bits per heavy atom. The highest BCUT2D eigenvalue weighted by Gasteiger charge is 2.51. The van der Waals surface area contributed by atoms with Crippen molar-refractivity contribution in [2.45, 2.75) is 31.2 Å². The summed E-state index contributed by atoms with van der Waals surface area (Å²) in [4.78, 5) is 37.8. The predicted octanol–water partition coefficient (Wildman–Crippen LogP) is 3.04. The van der Waals surface area contributed by atoms with Crippen LogP contribution in [0.2, 0.25) is 0 Å². The number of carbonyl (C=O) groups is 2. The number of aromatic nitrogens is 2. The van der Waals surface area contributed by atoms with E-state index >= 15 is 0 Å². The summed E-state index contributed by atoms with van der Waals surface area (Å²) in [5, 5.41) is 13.7. The first-order chi connectivity index (χ1) is 20.4. The summed E-state index contributed by atoms with van der Waals surface area (Å²) in [6.45, 7) is 4.27. The molecule has 0 atom stereocenters. The Kier molecular flexibility index (Phi) is 6.94. The molecule has 0 unspecified atom stereocenters. The molecule has 3 fully saturated rings. The fourth-order valence-corrected chi connectivity index (χ4v) is 6.61.